The predicted molar refractivity (Wildman–Crippen MR) is 102 cm³/mol. The highest BCUT2D eigenvalue weighted by Crippen LogP contribution is 2.33. The van der Waals surface area contributed by atoms with Gasteiger partial charge in [-0.2, -0.15) is 0 Å². The fourth-order valence-corrected chi connectivity index (χ4v) is 3.17. The summed E-state index contributed by atoms with van der Waals surface area (Å²) in [4.78, 5) is 15.3. The van der Waals surface area contributed by atoms with Crippen molar-refractivity contribution in [1.29, 1.82) is 0 Å². The molecule has 1 atom stereocenters. The van der Waals surface area contributed by atoms with Gasteiger partial charge in [0.25, 0.3) is 5.69 Å². The van der Waals surface area contributed by atoms with Crippen LogP contribution in [0.25, 0.3) is 0 Å². The molecule has 0 fully saturated rings. The summed E-state index contributed by atoms with van der Waals surface area (Å²) in [7, 11) is 0. The summed E-state index contributed by atoms with van der Waals surface area (Å²) in [6.07, 6.45) is 5.27. The number of nitrogens with one attached hydrogen (secondary N) is 1. The molecule has 140 valence electrons. The van der Waals surface area contributed by atoms with Crippen LogP contribution in [0.15, 0.2) is 61.2 Å². The van der Waals surface area contributed by atoms with Crippen molar-refractivity contribution in [2.45, 2.75) is 26.4 Å². The summed E-state index contributed by atoms with van der Waals surface area (Å²) >= 11 is 0. The van der Waals surface area contributed by atoms with Crippen LogP contribution in [0.4, 0.5) is 15.8 Å². The molecule has 0 amide bonds. The van der Waals surface area contributed by atoms with E-state index < -0.39 is 0 Å². The number of benzene rings is 2. The van der Waals surface area contributed by atoms with Crippen LogP contribution in [-0.2, 0) is 6.54 Å². The molecule has 1 unspecified atom stereocenters. The molecule has 1 N–H and O–H groups in total. The van der Waals surface area contributed by atoms with Crippen LogP contribution in [0, 0.1) is 21.8 Å². The summed E-state index contributed by atoms with van der Waals surface area (Å²) in [5.41, 5.74) is 2.14. The molecule has 2 aromatic carbocycles. The van der Waals surface area contributed by atoms with E-state index in [0.29, 0.717) is 12.2 Å². The second-order valence-corrected chi connectivity index (χ2v) is 6.71. The third kappa shape index (κ3) is 4.31. The van der Waals surface area contributed by atoms with Crippen LogP contribution in [0.5, 0.6) is 0 Å². The minimum absolute atomic E-state index is 0.0142. The SMILES string of the molecule is CC(C)C(c1ccc(NCc2ccc(F)cc2)c([N+](=O)[O-])c1)n1ccnc1. The van der Waals surface area contributed by atoms with E-state index >= 15 is 0 Å². The Morgan fingerprint density at radius 1 is 1.22 bits per heavy atom. The number of anilines is 1. The number of halogens is 1. The summed E-state index contributed by atoms with van der Waals surface area (Å²) in [6, 6.07) is 11.2. The van der Waals surface area contributed by atoms with Crippen molar-refractivity contribution in [3.05, 3.63) is 88.2 Å². The van der Waals surface area contributed by atoms with E-state index in [1.165, 1.54) is 12.1 Å². The Labute approximate surface area is 156 Å². The summed E-state index contributed by atoms with van der Waals surface area (Å²) < 4.78 is 15.0. The molecule has 0 bridgehead atoms. The fraction of sp³-hybridized carbons (Fsp3) is 0.250. The third-order valence-electron chi connectivity index (χ3n) is 4.43. The third-order valence-corrected chi connectivity index (χ3v) is 4.43. The average molecular weight is 368 g/mol. The van der Waals surface area contributed by atoms with Gasteiger partial charge in [-0.3, -0.25) is 10.1 Å². The van der Waals surface area contributed by atoms with E-state index in [2.05, 4.69) is 24.1 Å². The van der Waals surface area contributed by atoms with Crippen molar-refractivity contribution in [1.82, 2.24) is 9.55 Å². The highest BCUT2D eigenvalue weighted by Gasteiger charge is 2.22. The van der Waals surface area contributed by atoms with Crippen molar-refractivity contribution >= 4 is 11.4 Å². The van der Waals surface area contributed by atoms with Gasteiger partial charge in [-0.15, -0.1) is 0 Å². The Morgan fingerprint density at radius 3 is 2.56 bits per heavy atom. The maximum Gasteiger partial charge on any atom is 0.292 e. The first-order valence-corrected chi connectivity index (χ1v) is 8.70. The van der Waals surface area contributed by atoms with Gasteiger partial charge in [0.15, 0.2) is 0 Å². The van der Waals surface area contributed by atoms with Crippen LogP contribution in [-0.4, -0.2) is 14.5 Å². The van der Waals surface area contributed by atoms with E-state index in [9.17, 15) is 14.5 Å². The Morgan fingerprint density at radius 2 is 1.96 bits per heavy atom. The van der Waals surface area contributed by atoms with Crippen LogP contribution >= 0.6 is 0 Å². The zero-order valence-electron chi connectivity index (χ0n) is 15.2. The van der Waals surface area contributed by atoms with Gasteiger partial charge in [-0.25, -0.2) is 9.37 Å². The molecule has 6 nitrogen and oxygen atoms in total. The second-order valence-electron chi connectivity index (χ2n) is 6.71. The van der Waals surface area contributed by atoms with E-state index in [1.807, 2.05) is 16.8 Å². The molecule has 1 heterocycles. The molecule has 1 aromatic heterocycles. The Hall–Kier alpha value is -3.22. The van der Waals surface area contributed by atoms with Gasteiger partial charge in [-0.05, 0) is 35.2 Å². The quantitative estimate of drug-likeness (QED) is 0.481. The van der Waals surface area contributed by atoms with Gasteiger partial charge in [0.05, 0.1) is 17.3 Å². The van der Waals surface area contributed by atoms with E-state index in [4.69, 9.17) is 0 Å². The lowest BCUT2D eigenvalue weighted by Gasteiger charge is -2.23. The summed E-state index contributed by atoms with van der Waals surface area (Å²) in [5.74, 6) is -0.0786. The molecule has 0 aliphatic rings. The average Bonchev–Trinajstić information content (AvgIpc) is 3.15. The van der Waals surface area contributed by atoms with Gasteiger partial charge < -0.3 is 9.88 Å². The maximum atomic E-state index is 13.0. The van der Waals surface area contributed by atoms with E-state index in [1.54, 1.807) is 36.8 Å². The highest BCUT2D eigenvalue weighted by atomic mass is 19.1. The van der Waals surface area contributed by atoms with Crippen LogP contribution < -0.4 is 5.32 Å². The van der Waals surface area contributed by atoms with Crippen molar-refractivity contribution in [2.24, 2.45) is 5.92 Å². The van der Waals surface area contributed by atoms with Crippen LogP contribution in [0.2, 0.25) is 0 Å². The molecular weight excluding hydrogens is 347 g/mol. The minimum atomic E-state index is -0.387. The standard InChI is InChI=1S/C20H21FN4O2/c1-14(2)20(24-10-9-22-13-24)16-5-8-18(19(11-16)25(26)27)23-12-15-3-6-17(21)7-4-15/h3-11,13-14,20,23H,12H2,1-2H3. The van der Waals surface area contributed by atoms with Crippen molar-refractivity contribution in [3.63, 3.8) is 0 Å². The Kier molecular flexibility index (Phi) is 5.49. The van der Waals surface area contributed by atoms with Gasteiger partial charge in [0.1, 0.15) is 11.5 Å². The van der Waals surface area contributed by atoms with Crippen LogP contribution in [0.1, 0.15) is 31.0 Å². The zero-order chi connectivity index (χ0) is 19.4. The van der Waals surface area contributed by atoms with E-state index in [0.717, 1.165) is 11.1 Å². The molecule has 0 spiro atoms. The lowest BCUT2D eigenvalue weighted by molar-refractivity contribution is -0.384. The van der Waals surface area contributed by atoms with Gasteiger partial charge in [0, 0.05) is 25.0 Å². The normalized spacial score (nSPS) is 12.1. The Balaban J connectivity index is 1.88. The lowest BCUT2D eigenvalue weighted by Crippen LogP contribution is -2.15. The zero-order valence-corrected chi connectivity index (χ0v) is 15.2. The number of rotatable bonds is 7. The first-order chi connectivity index (χ1) is 13.0. The molecule has 3 rings (SSSR count). The molecule has 0 saturated carbocycles. The maximum absolute atomic E-state index is 13.0. The van der Waals surface area contributed by atoms with Gasteiger partial charge in [-0.1, -0.05) is 32.0 Å². The first-order valence-electron chi connectivity index (χ1n) is 8.70. The molecule has 0 radical (unpaired) electrons. The lowest BCUT2D eigenvalue weighted by atomic mass is 9.95. The molecule has 0 saturated heterocycles. The molecule has 0 aliphatic heterocycles. The number of nitrogens with zero attached hydrogens (tertiary/aromatic N) is 3. The number of hydrogen-bond acceptors (Lipinski definition) is 4. The predicted octanol–water partition coefficient (Wildman–Crippen LogP) is 4.79. The fourth-order valence-electron chi connectivity index (χ4n) is 3.17. The molecular formula is C20H21FN4O2. The number of aromatic nitrogens is 2. The first kappa shape index (κ1) is 18.6. The monoisotopic (exact) mass is 368 g/mol. The smallest absolute Gasteiger partial charge is 0.292 e. The molecule has 3 aromatic rings. The summed E-state index contributed by atoms with van der Waals surface area (Å²) in [5, 5.41) is 14.7. The highest BCUT2D eigenvalue weighted by molar-refractivity contribution is 5.63. The minimum Gasteiger partial charge on any atom is -0.375 e. The number of hydrogen-bond donors (Lipinski definition) is 1. The molecule has 0 aliphatic carbocycles. The van der Waals surface area contributed by atoms with Crippen LogP contribution in [0.3, 0.4) is 0 Å². The van der Waals surface area contributed by atoms with E-state index in [-0.39, 0.29) is 28.4 Å². The number of nitro groups is 1. The van der Waals surface area contributed by atoms with Gasteiger partial charge in [0.2, 0.25) is 0 Å². The summed E-state index contributed by atoms with van der Waals surface area (Å²) in [6.45, 7) is 4.50. The second kappa shape index (κ2) is 7.99. The molecule has 27 heavy (non-hydrogen) atoms. The Bertz CT molecular complexity index is 908. The van der Waals surface area contributed by atoms with Crippen molar-refractivity contribution in [2.75, 3.05) is 5.32 Å². The van der Waals surface area contributed by atoms with Crippen molar-refractivity contribution in [3.8, 4) is 0 Å². The topological polar surface area (TPSA) is 73.0 Å². The van der Waals surface area contributed by atoms with Gasteiger partial charge >= 0.3 is 0 Å². The van der Waals surface area contributed by atoms with Crippen molar-refractivity contribution < 1.29 is 9.31 Å². The number of imidazole rings is 1. The number of nitro benzene ring substituents is 1. The molecule has 7 heteroatoms. The largest absolute Gasteiger partial charge is 0.375 e.